The molecular weight excluding hydrogens is 277 g/mol. The average Bonchev–Trinajstić information content (AvgIpc) is 2.35. The number of carboxylic acid groups (broad SMARTS) is 1. The Kier molecular flexibility index (Phi) is 5.15. The minimum atomic E-state index is -4.25. The monoisotopic (exact) mass is 294 g/mol. The van der Waals surface area contributed by atoms with Gasteiger partial charge in [-0.15, -0.1) is 0 Å². The van der Waals surface area contributed by atoms with Crippen molar-refractivity contribution >= 4 is 11.9 Å². The fraction of sp³-hybridized carbons (Fsp3) is 0.667. The first kappa shape index (κ1) is 16.5. The largest absolute Gasteiger partial charge is 0.478 e. The Bertz CT molecular complexity index is 424. The SMILES string of the molecule is CC(C(=O)O)=C(C)C(=O)N1CCN(CC(F)(F)F)CC1. The molecule has 8 heteroatoms. The van der Waals surface area contributed by atoms with Gasteiger partial charge in [-0.05, 0) is 13.8 Å². The molecule has 20 heavy (non-hydrogen) atoms. The van der Waals surface area contributed by atoms with Gasteiger partial charge in [0.25, 0.3) is 0 Å². The first-order valence-electron chi connectivity index (χ1n) is 6.11. The molecule has 1 heterocycles. The number of carbonyl (C=O) groups is 2. The van der Waals surface area contributed by atoms with Crippen LogP contribution >= 0.6 is 0 Å². The van der Waals surface area contributed by atoms with Gasteiger partial charge in [0.1, 0.15) is 0 Å². The van der Waals surface area contributed by atoms with E-state index in [1.54, 1.807) is 0 Å². The summed E-state index contributed by atoms with van der Waals surface area (Å²) in [7, 11) is 0. The summed E-state index contributed by atoms with van der Waals surface area (Å²) in [4.78, 5) is 25.4. The lowest BCUT2D eigenvalue weighted by Crippen LogP contribution is -2.51. The second kappa shape index (κ2) is 6.25. The molecule has 1 aliphatic rings. The third-order valence-electron chi connectivity index (χ3n) is 3.27. The number of hydrogen-bond donors (Lipinski definition) is 1. The Labute approximate surface area is 114 Å². The predicted molar refractivity (Wildman–Crippen MR) is 65.1 cm³/mol. The highest BCUT2D eigenvalue weighted by molar-refractivity contribution is 6.01. The van der Waals surface area contributed by atoms with Crippen LogP contribution < -0.4 is 0 Å². The maximum Gasteiger partial charge on any atom is 0.401 e. The van der Waals surface area contributed by atoms with Gasteiger partial charge in [-0.1, -0.05) is 0 Å². The molecule has 0 atom stereocenters. The summed E-state index contributed by atoms with van der Waals surface area (Å²) in [6.45, 7) is 2.34. The number of amides is 1. The summed E-state index contributed by atoms with van der Waals surface area (Å²) in [5.41, 5.74) is 0.0643. The van der Waals surface area contributed by atoms with E-state index >= 15 is 0 Å². The Balaban J connectivity index is 2.60. The third-order valence-corrected chi connectivity index (χ3v) is 3.27. The van der Waals surface area contributed by atoms with Crippen LogP contribution in [0.1, 0.15) is 13.8 Å². The number of carboxylic acids is 1. The smallest absolute Gasteiger partial charge is 0.401 e. The van der Waals surface area contributed by atoms with Crippen molar-refractivity contribution < 1.29 is 27.9 Å². The van der Waals surface area contributed by atoms with Gasteiger partial charge in [-0.25, -0.2) is 4.79 Å². The number of carbonyl (C=O) groups excluding carboxylic acids is 1. The predicted octanol–water partition coefficient (Wildman–Crippen LogP) is 1.11. The van der Waals surface area contributed by atoms with Crippen molar-refractivity contribution in [3.63, 3.8) is 0 Å². The number of rotatable bonds is 3. The summed E-state index contributed by atoms with van der Waals surface area (Å²) < 4.78 is 36.7. The van der Waals surface area contributed by atoms with Crippen LogP contribution in [0.5, 0.6) is 0 Å². The molecule has 5 nitrogen and oxygen atoms in total. The normalized spacial score (nSPS) is 18.8. The lowest BCUT2D eigenvalue weighted by molar-refractivity contribution is -0.151. The van der Waals surface area contributed by atoms with E-state index in [1.165, 1.54) is 23.6 Å². The van der Waals surface area contributed by atoms with E-state index in [2.05, 4.69) is 0 Å². The molecule has 114 valence electrons. The topological polar surface area (TPSA) is 60.9 Å². The van der Waals surface area contributed by atoms with Gasteiger partial charge in [0.15, 0.2) is 0 Å². The second-order valence-corrected chi connectivity index (χ2v) is 4.74. The molecule has 1 amide bonds. The fourth-order valence-corrected chi connectivity index (χ4v) is 1.92. The van der Waals surface area contributed by atoms with Gasteiger partial charge < -0.3 is 10.0 Å². The average molecular weight is 294 g/mol. The van der Waals surface area contributed by atoms with Crippen LogP contribution in [-0.2, 0) is 9.59 Å². The van der Waals surface area contributed by atoms with Gasteiger partial charge >= 0.3 is 12.1 Å². The summed E-state index contributed by atoms with van der Waals surface area (Å²) in [6, 6.07) is 0. The third kappa shape index (κ3) is 4.52. The van der Waals surface area contributed by atoms with Crippen molar-refractivity contribution in [1.29, 1.82) is 0 Å². The Morgan fingerprint density at radius 2 is 1.55 bits per heavy atom. The quantitative estimate of drug-likeness (QED) is 0.792. The molecule has 0 aromatic rings. The standard InChI is InChI=1S/C12H17F3N2O3/c1-8(9(2)11(19)20)10(18)17-5-3-16(4-6-17)7-12(13,14)15/h3-7H2,1-2H3,(H,19,20). The number of piperazine rings is 1. The Morgan fingerprint density at radius 1 is 1.05 bits per heavy atom. The molecule has 1 rings (SSSR count). The summed E-state index contributed by atoms with van der Waals surface area (Å²) in [5.74, 6) is -1.61. The maximum absolute atomic E-state index is 12.2. The van der Waals surface area contributed by atoms with Gasteiger partial charge in [0.2, 0.25) is 5.91 Å². The lowest BCUT2D eigenvalue weighted by atomic mass is 10.1. The minimum absolute atomic E-state index is 0.0484. The first-order valence-corrected chi connectivity index (χ1v) is 6.11. The van der Waals surface area contributed by atoms with Crippen molar-refractivity contribution in [3.05, 3.63) is 11.1 Å². The molecule has 0 aromatic carbocycles. The van der Waals surface area contributed by atoms with E-state index in [0.29, 0.717) is 0 Å². The number of nitrogens with zero attached hydrogens (tertiary/aromatic N) is 2. The highest BCUT2D eigenvalue weighted by Crippen LogP contribution is 2.18. The lowest BCUT2D eigenvalue weighted by Gasteiger charge is -2.35. The highest BCUT2D eigenvalue weighted by Gasteiger charge is 2.33. The molecule has 0 bridgehead atoms. The molecular formula is C12H17F3N2O3. The van der Waals surface area contributed by atoms with E-state index in [0.717, 1.165) is 0 Å². The van der Waals surface area contributed by atoms with E-state index in [-0.39, 0.29) is 37.3 Å². The van der Waals surface area contributed by atoms with Crippen molar-refractivity contribution in [2.45, 2.75) is 20.0 Å². The first-order chi connectivity index (χ1) is 9.11. The zero-order chi connectivity index (χ0) is 15.5. The molecule has 1 N–H and O–H groups in total. The van der Waals surface area contributed by atoms with Crippen molar-refractivity contribution in [2.24, 2.45) is 0 Å². The van der Waals surface area contributed by atoms with Gasteiger partial charge in [0, 0.05) is 37.3 Å². The van der Waals surface area contributed by atoms with Crippen molar-refractivity contribution in [1.82, 2.24) is 9.80 Å². The maximum atomic E-state index is 12.2. The highest BCUT2D eigenvalue weighted by atomic mass is 19.4. The van der Waals surface area contributed by atoms with E-state index in [1.807, 2.05) is 0 Å². The number of aliphatic carboxylic acids is 1. The van der Waals surface area contributed by atoms with Gasteiger partial charge in [0.05, 0.1) is 6.54 Å². The van der Waals surface area contributed by atoms with Crippen LogP contribution in [0.25, 0.3) is 0 Å². The molecule has 0 aliphatic carbocycles. The number of hydrogen-bond acceptors (Lipinski definition) is 3. The Hall–Kier alpha value is -1.57. The van der Waals surface area contributed by atoms with Crippen LogP contribution in [0.2, 0.25) is 0 Å². The number of alkyl halides is 3. The fourth-order valence-electron chi connectivity index (χ4n) is 1.92. The minimum Gasteiger partial charge on any atom is -0.478 e. The molecule has 1 saturated heterocycles. The van der Waals surface area contributed by atoms with Crippen LogP contribution in [0.4, 0.5) is 13.2 Å². The van der Waals surface area contributed by atoms with Gasteiger partial charge in [-0.2, -0.15) is 13.2 Å². The zero-order valence-electron chi connectivity index (χ0n) is 11.3. The van der Waals surface area contributed by atoms with Crippen molar-refractivity contribution in [2.75, 3.05) is 32.7 Å². The summed E-state index contributed by atoms with van der Waals surface area (Å²) in [6.07, 6.45) is -4.25. The molecule has 0 unspecified atom stereocenters. The van der Waals surface area contributed by atoms with Crippen LogP contribution in [0.15, 0.2) is 11.1 Å². The molecule has 0 saturated carbocycles. The molecule has 1 fully saturated rings. The summed E-state index contributed by atoms with van der Waals surface area (Å²) >= 11 is 0. The molecule has 0 aromatic heterocycles. The number of halogens is 3. The molecule has 0 spiro atoms. The molecule has 0 radical (unpaired) electrons. The van der Waals surface area contributed by atoms with E-state index < -0.39 is 24.6 Å². The van der Waals surface area contributed by atoms with Crippen LogP contribution in [-0.4, -0.2) is 65.7 Å². The molecule has 1 aliphatic heterocycles. The Morgan fingerprint density at radius 3 is 1.95 bits per heavy atom. The second-order valence-electron chi connectivity index (χ2n) is 4.74. The van der Waals surface area contributed by atoms with Crippen LogP contribution in [0.3, 0.4) is 0 Å². The van der Waals surface area contributed by atoms with Gasteiger partial charge in [-0.3, -0.25) is 9.69 Å². The zero-order valence-corrected chi connectivity index (χ0v) is 11.3. The summed E-state index contributed by atoms with van der Waals surface area (Å²) in [5, 5.41) is 8.81. The van der Waals surface area contributed by atoms with E-state index in [4.69, 9.17) is 5.11 Å². The van der Waals surface area contributed by atoms with Crippen LogP contribution in [0, 0.1) is 0 Å². The van der Waals surface area contributed by atoms with Crippen molar-refractivity contribution in [3.8, 4) is 0 Å². The van der Waals surface area contributed by atoms with E-state index in [9.17, 15) is 22.8 Å².